The summed E-state index contributed by atoms with van der Waals surface area (Å²) in [5.41, 5.74) is 11.4. The molecule has 2 N–H and O–H groups in total. The topological polar surface area (TPSA) is 95.9 Å². The maximum Gasteiger partial charge on any atom is 0.248 e. The fourth-order valence-electron chi connectivity index (χ4n) is 4.04. The van der Waals surface area contributed by atoms with Crippen molar-refractivity contribution >= 4 is 34.1 Å². The summed E-state index contributed by atoms with van der Waals surface area (Å²) in [6.07, 6.45) is 0. The average molecular weight is 456 g/mol. The lowest BCUT2D eigenvalue weighted by Gasteiger charge is -2.26. The van der Waals surface area contributed by atoms with Crippen LogP contribution in [-0.2, 0) is 0 Å². The molecule has 0 spiro atoms. The van der Waals surface area contributed by atoms with Crippen molar-refractivity contribution in [3.8, 4) is 17.3 Å². The summed E-state index contributed by atoms with van der Waals surface area (Å²) in [7, 11) is 0. The highest BCUT2D eigenvalue weighted by Crippen LogP contribution is 2.37. The van der Waals surface area contributed by atoms with E-state index >= 15 is 0 Å². The molecule has 35 heavy (non-hydrogen) atoms. The standard InChI is InChI=1S/C29H21N5O/c1-19-11-12-20(18-30)17-26(19)34(23-15-13-22(14-16-23)28(31)35)29-32-25-10-6-5-9-24(25)27(33-29)21-7-3-2-4-8-21/h2-17H,1H3,(H2,31,35). The first-order chi connectivity index (χ1) is 17.0. The van der Waals surface area contributed by atoms with Crippen LogP contribution in [0, 0.1) is 18.3 Å². The van der Waals surface area contributed by atoms with Gasteiger partial charge < -0.3 is 5.73 Å². The number of aryl methyl sites for hydroxylation is 1. The Morgan fingerprint density at radius 1 is 0.886 bits per heavy atom. The first-order valence-corrected chi connectivity index (χ1v) is 11.1. The summed E-state index contributed by atoms with van der Waals surface area (Å²) in [4.78, 5) is 23.5. The molecule has 0 aliphatic carbocycles. The molecule has 1 aromatic heterocycles. The van der Waals surface area contributed by atoms with Crippen molar-refractivity contribution in [1.29, 1.82) is 5.26 Å². The number of anilines is 3. The molecule has 0 aliphatic heterocycles. The SMILES string of the molecule is Cc1ccc(C#N)cc1N(c1ccc(C(N)=O)cc1)c1nc(-c2ccccc2)c2ccccc2n1. The monoisotopic (exact) mass is 455 g/mol. The quantitative estimate of drug-likeness (QED) is 0.348. The van der Waals surface area contributed by atoms with Crippen LogP contribution in [0.5, 0.6) is 0 Å². The number of hydrogen-bond donors (Lipinski definition) is 1. The zero-order chi connectivity index (χ0) is 24.4. The molecule has 4 aromatic carbocycles. The lowest BCUT2D eigenvalue weighted by Crippen LogP contribution is -2.16. The molecule has 168 valence electrons. The highest BCUT2D eigenvalue weighted by Gasteiger charge is 2.21. The summed E-state index contributed by atoms with van der Waals surface area (Å²) in [6.45, 7) is 1.97. The van der Waals surface area contributed by atoms with Gasteiger partial charge in [0.1, 0.15) is 0 Å². The van der Waals surface area contributed by atoms with E-state index in [0.717, 1.165) is 39.1 Å². The lowest BCUT2D eigenvalue weighted by molar-refractivity contribution is 0.100. The Hall–Kier alpha value is -5.02. The Bertz CT molecular complexity index is 1590. The van der Waals surface area contributed by atoms with Gasteiger partial charge in [-0.05, 0) is 55.0 Å². The van der Waals surface area contributed by atoms with E-state index in [9.17, 15) is 10.1 Å². The smallest absolute Gasteiger partial charge is 0.248 e. The molecule has 0 atom stereocenters. The molecule has 6 heteroatoms. The molecule has 5 rings (SSSR count). The predicted octanol–water partition coefficient (Wildman–Crippen LogP) is 6.05. The van der Waals surface area contributed by atoms with Gasteiger partial charge in [-0.1, -0.05) is 54.6 Å². The molecule has 1 heterocycles. The van der Waals surface area contributed by atoms with Crippen molar-refractivity contribution in [2.75, 3.05) is 4.90 Å². The molecule has 1 amide bonds. The fraction of sp³-hybridized carbons (Fsp3) is 0.0345. The van der Waals surface area contributed by atoms with E-state index in [-0.39, 0.29) is 0 Å². The van der Waals surface area contributed by atoms with Gasteiger partial charge in [-0.25, -0.2) is 9.97 Å². The van der Waals surface area contributed by atoms with Gasteiger partial charge in [0.2, 0.25) is 11.9 Å². The van der Waals surface area contributed by atoms with E-state index in [1.165, 1.54) is 0 Å². The first kappa shape index (κ1) is 21.8. The van der Waals surface area contributed by atoms with Crippen molar-refractivity contribution in [2.45, 2.75) is 6.92 Å². The predicted molar refractivity (Wildman–Crippen MR) is 138 cm³/mol. The largest absolute Gasteiger partial charge is 0.366 e. The second-order valence-electron chi connectivity index (χ2n) is 8.11. The Morgan fingerprint density at radius 2 is 1.60 bits per heavy atom. The fourth-order valence-corrected chi connectivity index (χ4v) is 4.04. The van der Waals surface area contributed by atoms with Gasteiger partial charge in [0.15, 0.2) is 0 Å². The number of aromatic nitrogens is 2. The van der Waals surface area contributed by atoms with Crippen LogP contribution >= 0.6 is 0 Å². The summed E-state index contributed by atoms with van der Waals surface area (Å²) in [5, 5.41) is 10.5. The minimum absolute atomic E-state index is 0.403. The summed E-state index contributed by atoms with van der Waals surface area (Å²) in [6, 6.07) is 32.5. The number of para-hydroxylation sites is 1. The number of hydrogen-bond acceptors (Lipinski definition) is 5. The van der Waals surface area contributed by atoms with Crippen molar-refractivity contribution in [3.63, 3.8) is 0 Å². The van der Waals surface area contributed by atoms with E-state index in [4.69, 9.17) is 15.7 Å². The minimum Gasteiger partial charge on any atom is -0.366 e. The number of carbonyl (C=O) groups excluding carboxylic acids is 1. The van der Waals surface area contributed by atoms with Gasteiger partial charge >= 0.3 is 0 Å². The van der Waals surface area contributed by atoms with Gasteiger partial charge in [-0.2, -0.15) is 5.26 Å². The average Bonchev–Trinajstić information content (AvgIpc) is 2.90. The van der Waals surface area contributed by atoms with Crippen molar-refractivity contribution in [1.82, 2.24) is 9.97 Å². The molecule has 6 nitrogen and oxygen atoms in total. The number of benzene rings is 4. The van der Waals surface area contributed by atoms with Crippen molar-refractivity contribution < 1.29 is 4.79 Å². The number of nitrogens with two attached hydrogens (primary N) is 1. The van der Waals surface area contributed by atoms with E-state index in [1.807, 2.05) is 78.6 Å². The summed E-state index contributed by atoms with van der Waals surface area (Å²) >= 11 is 0. The number of fused-ring (bicyclic) bond motifs is 1. The third-order valence-electron chi connectivity index (χ3n) is 5.83. The van der Waals surface area contributed by atoms with E-state index in [2.05, 4.69) is 6.07 Å². The van der Waals surface area contributed by atoms with Gasteiger partial charge in [-0.3, -0.25) is 9.69 Å². The zero-order valence-electron chi connectivity index (χ0n) is 19.0. The van der Waals surface area contributed by atoms with Crippen LogP contribution < -0.4 is 10.6 Å². The Morgan fingerprint density at radius 3 is 2.31 bits per heavy atom. The van der Waals surface area contributed by atoms with Crippen LogP contribution in [0.3, 0.4) is 0 Å². The van der Waals surface area contributed by atoms with Crippen molar-refractivity contribution in [3.05, 3.63) is 114 Å². The van der Waals surface area contributed by atoms with Crippen LogP contribution in [0.15, 0.2) is 97.1 Å². The molecule has 0 unspecified atom stereocenters. The Kier molecular flexibility index (Phi) is 5.66. The summed E-state index contributed by atoms with van der Waals surface area (Å²) in [5.74, 6) is -0.0494. The molecule has 5 aromatic rings. The maximum absolute atomic E-state index is 11.7. The van der Waals surface area contributed by atoms with Crippen LogP contribution in [0.25, 0.3) is 22.2 Å². The van der Waals surface area contributed by atoms with E-state index < -0.39 is 5.91 Å². The third-order valence-corrected chi connectivity index (χ3v) is 5.83. The minimum atomic E-state index is -0.501. The number of nitrogens with zero attached hydrogens (tertiary/aromatic N) is 4. The van der Waals surface area contributed by atoms with Crippen LogP contribution in [0.4, 0.5) is 17.3 Å². The zero-order valence-corrected chi connectivity index (χ0v) is 19.0. The highest BCUT2D eigenvalue weighted by molar-refractivity contribution is 5.95. The van der Waals surface area contributed by atoms with Gasteiger partial charge in [0.25, 0.3) is 0 Å². The molecule has 0 saturated carbocycles. The van der Waals surface area contributed by atoms with Crippen LogP contribution in [0.1, 0.15) is 21.5 Å². The number of amides is 1. The van der Waals surface area contributed by atoms with Gasteiger partial charge in [0, 0.05) is 22.2 Å². The highest BCUT2D eigenvalue weighted by atomic mass is 16.1. The molecule has 0 aliphatic rings. The van der Waals surface area contributed by atoms with Crippen LogP contribution in [0.2, 0.25) is 0 Å². The van der Waals surface area contributed by atoms with Crippen LogP contribution in [-0.4, -0.2) is 15.9 Å². The summed E-state index contributed by atoms with van der Waals surface area (Å²) < 4.78 is 0. The second-order valence-corrected chi connectivity index (χ2v) is 8.11. The normalized spacial score (nSPS) is 10.6. The third kappa shape index (κ3) is 4.19. The van der Waals surface area contributed by atoms with Crippen molar-refractivity contribution in [2.24, 2.45) is 5.73 Å². The molecule has 0 radical (unpaired) electrons. The van der Waals surface area contributed by atoms with E-state index in [1.54, 1.807) is 30.3 Å². The number of nitriles is 1. The molecule has 0 saturated heterocycles. The Labute approximate surface area is 202 Å². The lowest BCUT2D eigenvalue weighted by atomic mass is 10.1. The Balaban J connectivity index is 1.80. The number of carbonyl (C=O) groups is 1. The van der Waals surface area contributed by atoms with E-state index in [0.29, 0.717) is 17.1 Å². The molecule has 0 fully saturated rings. The van der Waals surface area contributed by atoms with Gasteiger partial charge in [-0.15, -0.1) is 0 Å². The number of rotatable bonds is 5. The second kappa shape index (κ2) is 9.08. The maximum atomic E-state index is 11.7. The van der Waals surface area contributed by atoms with Gasteiger partial charge in [0.05, 0.1) is 28.5 Å². The molecular weight excluding hydrogens is 434 g/mol. The number of primary amides is 1. The molecular formula is C29H21N5O. The molecule has 0 bridgehead atoms. The first-order valence-electron chi connectivity index (χ1n) is 11.1.